The molecule has 4 aromatic rings. The lowest BCUT2D eigenvalue weighted by Crippen LogP contribution is -2.30. The first-order chi connectivity index (χ1) is 16.6. The number of imidazole rings is 1. The normalized spacial score (nSPS) is 11.9. The molecule has 0 spiro atoms. The van der Waals surface area contributed by atoms with Crippen molar-refractivity contribution in [1.29, 1.82) is 0 Å². The quantitative estimate of drug-likeness (QED) is 0.265. The van der Waals surface area contributed by atoms with Crippen LogP contribution in [0.3, 0.4) is 0 Å². The smallest absolute Gasteiger partial charge is 0.270 e. The molecule has 1 aromatic heterocycles. The van der Waals surface area contributed by atoms with Gasteiger partial charge in [-0.25, -0.2) is 4.98 Å². The van der Waals surface area contributed by atoms with Crippen LogP contribution < -0.4 is 5.32 Å². The van der Waals surface area contributed by atoms with Gasteiger partial charge >= 0.3 is 0 Å². The number of carbonyl (C=O) groups is 1. The lowest BCUT2D eigenvalue weighted by atomic mass is 10.0. The lowest BCUT2D eigenvalue weighted by molar-refractivity contribution is 0.0926. The zero-order chi connectivity index (χ0) is 23.9. The van der Waals surface area contributed by atoms with E-state index in [4.69, 9.17) is 4.98 Å². The van der Waals surface area contributed by atoms with Gasteiger partial charge < -0.3 is 9.88 Å². The number of unbranched alkanes of at least 4 members (excludes halogenated alkanes) is 1. The molecule has 4 nitrogen and oxygen atoms in total. The minimum atomic E-state index is -0.105. The average Bonchev–Trinajstić information content (AvgIpc) is 3.24. The Hall–Kier alpha value is -3.31. The van der Waals surface area contributed by atoms with Gasteiger partial charge in [-0.2, -0.15) is 0 Å². The Morgan fingerprint density at radius 1 is 0.971 bits per heavy atom. The molecule has 1 unspecified atom stereocenters. The molecule has 1 amide bonds. The third-order valence-corrected chi connectivity index (χ3v) is 6.76. The maximum absolute atomic E-state index is 13.8. The van der Waals surface area contributed by atoms with Crippen molar-refractivity contribution in [3.05, 3.63) is 96.2 Å². The second kappa shape index (κ2) is 11.2. The van der Waals surface area contributed by atoms with E-state index in [1.54, 1.807) is 11.8 Å². The Morgan fingerprint density at radius 3 is 2.32 bits per heavy atom. The van der Waals surface area contributed by atoms with Crippen molar-refractivity contribution >= 4 is 17.7 Å². The minimum Gasteiger partial charge on any atom is -0.344 e. The summed E-state index contributed by atoms with van der Waals surface area (Å²) in [7, 11) is 1.93. The lowest BCUT2D eigenvalue weighted by Gasteiger charge is -2.20. The van der Waals surface area contributed by atoms with E-state index < -0.39 is 0 Å². The van der Waals surface area contributed by atoms with Crippen LogP contribution in [0.1, 0.15) is 48.3 Å². The molecule has 0 aliphatic carbocycles. The van der Waals surface area contributed by atoms with Gasteiger partial charge in [-0.1, -0.05) is 92.6 Å². The first kappa shape index (κ1) is 23.8. The highest BCUT2D eigenvalue weighted by molar-refractivity contribution is 7.98. The van der Waals surface area contributed by atoms with Gasteiger partial charge in [0.2, 0.25) is 0 Å². The van der Waals surface area contributed by atoms with Crippen molar-refractivity contribution in [2.75, 3.05) is 6.26 Å². The van der Waals surface area contributed by atoms with Crippen molar-refractivity contribution in [2.45, 2.75) is 37.1 Å². The SMILES string of the molecule is CCCCC(NC(=O)c1c(-c2cccc(SC)c2)nc(-c2ccccc2)n1C)c1ccccc1. The van der Waals surface area contributed by atoms with Crippen LogP contribution in [0.15, 0.2) is 89.8 Å². The maximum Gasteiger partial charge on any atom is 0.270 e. The highest BCUT2D eigenvalue weighted by atomic mass is 32.2. The summed E-state index contributed by atoms with van der Waals surface area (Å²) in [6.07, 6.45) is 5.07. The Kier molecular flexibility index (Phi) is 7.86. The fraction of sp³-hybridized carbons (Fsp3) is 0.241. The minimum absolute atomic E-state index is 0.0471. The van der Waals surface area contributed by atoms with Crippen LogP contribution >= 0.6 is 11.8 Å². The topological polar surface area (TPSA) is 46.9 Å². The second-order valence-electron chi connectivity index (χ2n) is 8.37. The van der Waals surface area contributed by atoms with Crippen LogP contribution in [0.5, 0.6) is 0 Å². The van der Waals surface area contributed by atoms with Gasteiger partial charge in [0.15, 0.2) is 0 Å². The molecule has 1 N–H and O–H groups in total. The monoisotopic (exact) mass is 469 g/mol. The van der Waals surface area contributed by atoms with E-state index >= 15 is 0 Å². The van der Waals surface area contributed by atoms with Crippen LogP contribution in [0.4, 0.5) is 0 Å². The summed E-state index contributed by atoms with van der Waals surface area (Å²) >= 11 is 1.68. The number of benzene rings is 3. The van der Waals surface area contributed by atoms with Gasteiger partial charge in [0.25, 0.3) is 5.91 Å². The number of amides is 1. The number of hydrogen-bond donors (Lipinski definition) is 1. The van der Waals surface area contributed by atoms with E-state index in [9.17, 15) is 4.79 Å². The number of aromatic nitrogens is 2. The highest BCUT2D eigenvalue weighted by Crippen LogP contribution is 2.31. The van der Waals surface area contributed by atoms with E-state index in [-0.39, 0.29) is 11.9 Å². The molecule has 5 heteroatoms. The molecule has 0 radical (unpaired) electrons. The second-order valence-corrected chi connectivity index (χ2v) is 9.25. The number of nitrogens with zero attached hydrogens (tertiary/aromatic N) is 2. The summed E-state index contributed by atoms with van der Waals surface area (Å²) in [4.78, 5) is 19.9. The summed E-state index contributed by atoms with van der Waals surface area (Å²) in [5.74, 6) is 0.673. The van der Waals surface area contributed by atoms with Crippen molar-refractivity contribution in [3.63, 3.8) is 0 Å². The predicted octanol–water partition coefficient (Wildman–Crippen LogP) is 7.14. The highest BCUT2D eigenvalue weighted by Gasteiger charge is 2.25. The van der Waals surface area contributed by atoms with Crippen LogP contribution in [0, 0.1) is 0 Å². The van der Waals surface area contributed by atoms with E-state index in [0.29, 0.717) is 11.4 Å². The van der Waals surface area contributed by atoms with E-state index in [2.05, 4.69) is 42.8 Å². The van der Waals surface area contributed by atoms with Gasteiger partial charge in [0.05, 0.1) is 6.04 Å². The largest absolute Gasteiger partial charge is 0.344 e. The molecule has 0 saturated carbocycles. The number of carbonyl (C=O) groups excluding carboxylic acids is 1. The Bertz CT molecular complexity index is 1230. The molecule has 1 heterocycles. The Balaban J connectivity index is 1.78. The van der Waals surface area contributed by atoms with Gasteiger partial charge in [-0.3, -0.25) is 4.79 Å². The fourth-order valence-electron chi connectivity index (χ4n) is 4.22. The zero-order valence-corrected chi connectivity index (χ0v) is 20.8. The van der Waals surface area contributed by atoms with Crippen LogP contribution in [0.2, 0.25) is 0 Å². The molecule has 1 atom stereocenters. The molecule has 0 aliphatic rings. The van der Waals surface area contributed by atoms with E-state index in [1.165, 1.54) is 0 Å². The summed E-state index contributed by atoms with van der Waals surface area (Å²) in [5.41, 5.74) is 4.34. The Morgan fingerprint density at radius 2 is 1.65 bits per heavy atom. The van der Waals surface area contributed by atoms with Gasteiger partial charge in [0, 0.05) is 23.1 Å². The number of hydrogen-bond acceptors (Lipinski definition) is 3. The van der Waals surface area contributed by atoms with Gasteiger partial charge in [-0.05, 0) is 30.4 Å². The molecule has 0 aliphatic heterocycles. The van der Waals surface area contributed by atoms with Crippen molar-refractivity contribution < 1.29 is 4.79 Å². The van der Waals surface area contributed by atoms with E-state index in [0.717, 1.165) is 46.7 Å². The van der Waals surface area contributed by atoms with Crippen molar-refractivity contribution in [2.24, 2.45) is 7.05 Å². The fourth-order valence-corrected chi connectivity index (χ4v) is 4.68. The summed E-state index contributed by atoms with van der Waals surface area (Å²) in [6.45, 7) is 2.17. The molecule has 34 heavy (non-hydrogen) atoms. The third-order valence-electron chi connectivity index (χ3n) is 6.04. The molecular formula is C29H31N3OS. The maximum atomic E-state index is 13.8. The Labute approximate surface area is 206 Å². The summed E-state index contributed by atoms with van der Waals surface area (Å²) in [6, 6.07) is 28.4. The van der Waals surface area contributed by atoms with E-state index in [1.807, 2.05) is 72.3 Å². The van der Waals surface area contributed by atoms with Crippen LogP contribution in [-0.4, -0.2) is 21.7 Å². The summed E-state index contributed by atoms with van der Waals surface area (Å²) in [5, 5.41) is 3.32. The molecule has 4 rings (SSSR count). The molecule has 174 valence electrons. The molecule has 0 fully saturated rings. The van der Waals surface area contributed by atoms with Crippen LogP contribution in [-0.2, 0) is 7.05 Å². The molecule has 0 bridgehead atoms. The number of nitrogens with one attached hydrogen (secondary N) is 1. The molecule has 3 aromatic carbocycles. The first-order valence-corrected chi connectivity index (χ1v) is 13.0. The average molecular weight is 470 g/mol. The predicted molar refractivity (Wildman–Crippen MR) is 142 cm³/mol. The standard InChI is InChI=1S/C29H31N3OS/c1-4-5-19-25(21-13-8-6-9-14-21)30-29(33)27-26(23-17-12-18-24(20-23)34-3)31-28(32(27)2)22-15-10-7-11-16-22/h6-18,20,25H,4-5,19H2,1-3H3,(H,30,33). The third kappa shape index (κ3) is 5.26. The number of rotatable bonds is 9. The van der Waals surface area contributed by atoms with Gasteiger partial charge in [0.1, 0.15) is 17.2 Å². The van der Waals surface area contributed by atoms with Gasteiger partial charge in [-0.15, -0.1) is 11.8 Å². The van der Waals surface area contributed by atoms with Crippen molar-refractivity contribution in [3.8, 4) is 22.6 Å². The zero-order valence-electron chi connectivity index (χ0n) is 20.0. The number of thioether (sulfide) groups is 1. The van der Waals surface area contributed by atoms with Crippen molar-refractivity contribution in [1.82, 2.24) is 14.9 Å². The molecular weight excluding hydrogens is 438 g/mol. The van der Waals surface area contributed by atoms with Crippen LogP contribution in [0.25, 0.3) is 22.6 Å². The first-order valence-electron chi connectivity index (χ1n) is 11.7. The molecule has 0 saturated heterocycles. The summed E-state index contributed by atoms with van der Waals surface area (Å²) < 4.78 is 1.92.